The van der Waals surface area contributed by atoms with E-state index in [2.05, 4.69) is 6.92 Å². The highest BCUT2D eigenvalue weighted by atomic mass is 35.5. The average molecular weight is 583 g/mol. The molecule has 0 amide bonds. The quantitative estimate of drug-likeness (QED) is 0.0830. The fourth-order valence-corrected chi connectivity index (χ4v) is 4.72. The Bertz CT molecular complexity index is 1160. The number of ether oxygens (including phenoxy) is 4. The second kappa shape index (κ2) is 17.8. The third kappa shape index (κ3) is 12.8. The summed E-state index contributed by atoms with van der Waals surface area (Å²) in [5.74, 6) is 0.776. The van der Waals surface area contributed by atoms with Crippen LogP contribution in [0.4, 0.5) is 0 Å². The number of hydrogen-bond acceptors (Lipinski definition) is 8. The predicted octanol–water partition coefficient (Wildman–Crippen LogP) is 6.24. The summed E-state index contributed by atoms with van der Waals surface area (Å²) < 4.78 is 51.5. The van der Waals surface area contributed by atoms with Gasteiger partial charge in [-0.05, 0) is 61.2 Å². The molecule has 0 spiro atoms. The van der Waals surface area contributed by atoms with Gasteiger partial charge in [-0.3, -0.25) is 0 Å². The topological polar surface area (TPSA) is 97.4 Å². The van der Waals surface area contributed by atoms with Gasteiger partial charge in [-0.15, -0.1) is 0 Å². The second-order valence-corrected chi connectivity index (χ2v) is 10.8. The van der Waals surface area contributed by atoms with Crippen molar-refractivity contribution in [2.45, 2.75) is 52.9 Å². The van der Waals surface area contributed by atoms with Gasteiger partial charge in [0.05, 0.1) is 30.6 Å². The van der Waals surface area contributed by atoms with Crippen LogP contribution in [0.5, 0.6) is 17.2 Å². The first kappa shape index (κ1) is 32.5. The number of unbranched alkanes of at least 4 members (excludes halogenated alkanes) is 2. The zero-order chi connectivity index (χ0) is 28.5. The van der Waals surface area contributed by atoms with Crippen molar-refractivity contribution >= 4 is 33.8 Å². The number of hydrogen-bond donors (Lipinski definition) is 0. The Labute approximate surface area is 237 Å². The molecule has 8 nitrogen and oxygen atoms in total. The van der Waals surface area contributed by atoms with Crippen LogP contribution in [0.15, 0.2) is 42.5 Å². The summed E-state index contributed by atoms with van der Waals surface area (Å²) in [4.78, 5) is 11.9. The third-order valence-corrected chi connectivity index (χ3v) is 6.94. The summed E-state index contributed by atoms with van der Waals surface area (Å²) in [6.07, 6.45) is 6.72. The summed E-state index contributed by atoms with van der Waals surface area (Å²) in [5, 5.41) is 0.226. The zero-order valence-electron chi connectivity index (χ0n) is 22.9. The van der Waals surface area contributed by atoms with Gasteiger partial charge in [-0.1, -0.05) is 50.4 Å². The predicted molar refractivity (Wildman–Crippen MR) is 153 cm³/mol. The maximum Gasteiger partial charge on any atom is 0.330 e. The molecule has 0 radical (unpaired) electrons. The summed E-state index contributed by atoms with van der Waals surface area (Å²) in [6.45, 7) is 7.90. The molecular weight excluding hydrogens is 544 g/mol. The van der Waals surface area contributed by atoms with Crippen molar-refractivity contribution in [3.05, 3.63) is 58.6 Å². The van der Waals surface area contributed by atoms with Crippen LogP contribution in [0, 0.1) is 0 Å². The summed E-state index contributed by atoms with van der Waals surface area (Å²) in [6, 6.07) is 10.4. The highest BCUT2D eigenvalue weighted by Crippen LogP contribution is 2.30. The molecule has 0 atom stereocenters. The van der Waals surface area contributed by atoms with E-state index in [4.69, 9.17) is 34.7 Å². The standard InChI is InChI=1S/C29H39ClO8S/c1-4-7-16-35-28-22-23(11-14-29(31)37-19-18-34-6-3)10-13-27(28)36-17-15-24-9-12-26(25(30)21-24)38-39(32,33)20-8-5-2/h9-14,21-22H,4-8,15-20H2,1-3H3/b14-11-. The average Bonchev–Trinajstić information content (AvgIpc) is 2.91. The maximum atomic E-state index is 12.1. The molecule has 0 aliphatic rings. The molecule has 0 aliphatic carbocycles. The molecule has 0 aliphatic heterocycles. The number of carbonyl (C=O) groups excluding carboxylic acids is 1. The van der Waals surface area contributed by atoms with Crippen molar-refractivity contribution in [2.24, 2.45) is 0 Å². The molecule has 0 fully saturated rings. The molecule has 2 aromatic carbocycles. The largest absolute Gasteiger partial charge is 0.490 e. The highest BCUT2D eigenvalue weighted by molar-refractivity contribution is 7.87. The van der Waals surface area contributed by atoms with E-state index in [9.17, 15) is 13.2 Å². The molecule has 39 heavy (non-hydrogen) atoms. The lowest BCUT2D eigenvalue weighted by atomic mass is 10.1. The lowest BCUT2D eigenvalue weighted by Crippen LogP contribution is -2.14. The number of benzene rings is 2. The molecule has 0 aromatic heterocycles. The van der Waals surface area contributed by atoms with Crippen molar-refractivity contribution in [3.63, 3.8) is 0 Å². The molecule has 0 unspecified atom stereocenters. The van der Waals surface area contributed by atoms with Crippen LogP contribution in [0.1, 0.15) is 57.6 Å². The molecule has 0 saturated carbocycles. The van der Waals surface area contributed by atoms with Crippen molar-refractivity contribution in [1.29, 1.82) is 0 Å². The van der Waals surface area contributed by atoms with Gasteiger partial charge in [-0.2, -0.15) is 8.42 Å². The molecule has 10 heteroatoms. The number of esters is 1. The molecule has 0 saturated heterocycles. The van der Waals surface area contributed by atoms with Gasteiger partial charge < -0.3 is 23.1 Å². The minimum Gasteiger partial charge on any atom is -0.490 e. The van der Waals surface area contributed by atoms with E-state index in [1.807, 2.05) is 26.0 Å². The lowest BCUT2D eigenvalue weighted by Gasteiger charge is -2.14. The monoisotopic (exact) mass is 582 g/mol. The van der Waals surface area contributed by atoms with E-state index < -0.39 is 16.1 Å². The number of rotatable bonds is 19. The van der Waals surface area contributed by atoms with Gasteiger partial charge in [0, 0.05) is 19.1 Å². The van der Waals surface area contributed by atoms with Crippen molar-refractivity contribution in [2.75, 3.05) is 38.8 Å². The fraction of sp³-hybridized carbons (Fsp3) is 0.483. The molecule has 0 N–H and O–H groups in total. The van der Waals surface area contributed by atoms with Crippen molar-refractivity contribution in [3.8, 4) is 17.2 Å². The van der Waals surface area contributed by atoms with Crippen molar-refractivity contribution in [1.82, 2.24) is 0 Å². The molecule has 2 aromatic rings. The van der Waals surface area contributed by atoms with Crippen molar-refractivity contribution < 1.29 is 36.3 Å². The summed E-state index contributed by atoms with van der Waals surface area (Å²) in [5.41, 5.74) is 1.64. The lowest BCUT2D eigenvalue weighted by molar-refractivity contribution is -0.139. The summed E-state index contributed by atoms with van der Waals surface area (Å²) in [7, 11) is -3.68. The van der Waals surface area contributed by atoms with Gasteiger partial charge in [0.25, 0.3) is 0 Å². The maximum absolute atomic E-state index is 12.1. The Morgan fingerprint density at radius 3 is 2.33 bits per heavy atom. The minimum atomic E-state index is -3.68. The first-order valence-corrected chi connectivity index (χ1v) is 15.3. The SMILES string of the molecule is CCCCOc1cc(/C=C\C(=O)OCCOCC)ccc1OCCc1ccc(OS(=O)(=O)CCCC)c(Cl)c1. The molecule has 216 valence electrons. The van der Waals surface area contributed by atoms with Crippen LogP contribution in [0.2, 0.25) is 5.02 Å². The van der Waals surface area contributed by atoms with Gasteiger partial charge in [0.2, 0.25) is 0 Å². The molecular formula is C29H39ClO8S. The first-order chi connectivity index (χ1) is 18.8. The van der Waals surface area contributed by atoms with Crippen LogP contribution >= 0.6 is 11.6 Å². The van der Waals surface area contributed by atoms with E-state index >= 15 is 0 Å². The molecule has 2 rings (SSSR count). The normalized spacial score (nSPS) is 11.5. The summed E-state index contributed by atoms with van der Waals surface area (Å²) >= 11 is 6.28. The Hall–Kier alpha value is -2.75. The Morgan fingerprint density at radius 2 is 1.62 bits per heavy atom. The van der Waals surface area contributed by atoms with Crippen LogP contribution in [0.25, 0.3) is 6.08 Å². The van der Waals surface area contributed by atoms with Gasteiger partial charge >= 0.3 is 16.1 Å². The Balaban J connectivity index is 2.00. The smallest absolute Gasteiger partial charge is 0.330 e. The third-order valence-electron chi connectivity index (χ3n) is 5.42. The molecule has 0 bridgehead atoms. The fourth-order valence-electron chi connectivity index (χ4n) is 3.29. The van der Waals surface area contributed by atoms with E-state index in [1.165, 1.54) is 6.08 Å². The Kier molecular flexibility index (Phi) is 14.8. The van der Waals surface area contributed by atoms with Gasteiger partial charge in [0.15, 0.2) is 17.2 Å². The van der Waals surface area contributed by atoms with Crippen LogP contribution in [-0.4, -0.2) is 53.2 Å². The zero-order valence-corrected chi connectivity index (χ0v) is 24.5. The minimum absolute atomic E-state index is 0.0504. The van der Waals surface area contributed by atoms with Crippen LogP contribution in [-0.2, 0) is 30.8 Å². The van der Waals surface area contributed by atoms with Gasteiger partial charge in [-0.25, -0.2) is 4.79 Å². The highest BCUT2D eigenvalue weighted by Gasteiger charge is 2.15. The number of carbonyl (C=O) groups is 1. The Morgan fingerprint density at radius 1 is 0.872 bits per heavy atom. The molecule has 0 heterocycles. The van der Waals surface area contributed by atoms with Crippen LogP contribution in [0.3, 0.4) is 0 Å². The first-order valence-electron chi connectivity index (χ1n) is 13.3. The van der Waals surface area contributed by atoms with E-state index in [-0.39, 0.29) is 23.1 Å². The van der Waals surface area contributed by atoms with Crippen LogP contribution < -0.4 is 13.7 Å². The number of halogens is 1. The van der Waals surface area contributed by atoms with E-state index in [1.54, 1.807) is 30.3 Å². The van der Waals surface area contributed by atoms with E-state index in [0.29, 0.717) is 50.8 Å². The second-order valence-electron chi connectivity index (χ2n) is 8.67. The van der Waals surface area contributed by atoms with Gasteiger partial charge in [0.1, 0.15) is 6.61 Å². The van der Waals surface area contributed by atoms with E-state index in [0.717, 1.165) is 30.4 Å².